The second-order valence-corrected chi connectivity index (χ2v) is 10.5. The van der Waals surface area contributed by atoms with Crippen molar-refractivity contribution in [2.45, 2.75) is 19.3 Å². The van der Waals surface area contributed by atoms with Crippen LogP contribution in [0.15, 0.2) is 24.3 Å². The monoisotopic (exact) mass is 272 g/mol. The fraction of sp³-hybridized carbons (Fsp3) is 0.455. The molecule has 2 rings (SSSR count). The maximum atomic E-state index is 5.80. The van der Waals surface area contributed by atoms with Crippen molar-refractivity contribution in [3.8, 4) is 0 Å². The van der Waals surface area contributed by atoms with Crippen LogP contribution in [0.25, 0.3) is 0 Å². The van der Waals surface area contributed by atoms with E-state index in [2.05, 4.69) is 10.7 Å². The molecule has 1 aliphatic heterocycles. The topological polar surface area (TPSA) is 29.3 Å². The van der Waals surface area contributed by atoms with Crippen molar-refractivity contribution in [2.24, 2.45) is 0 Å². The first-order chi connectivity index (χ1) is 7.60. The lowest BCUT2D eigenvalue weighted by atomic mass is 10.2. The molecule has 0 saturated carbocycles. The second-order valence-electron chi connectivity index (χ2n) is 4.15. The number of nitrogens with two attached hydrogens (primary N) is 1. The molecule has 0 aromatic heterocycles. The normalized spacial score (nSPS) is 21.6. The van der Waals surface area contributed by atoms with Crippen LogP contribution in [-0.2, 0) is 11.8 Å². The SMILES string of the molecule is Nc1cccc(P(=S)(S)N2CCCCC2)c1. The Morgan fingerprint density at radius 3 is 2.56 bits per heavy atom. The summed E-state index contributed by atoms with van der Waals surface area (Å²) < 4.78 is 2.36. The Morgan fingerprint density at radius 2 is 1.94 bits per heavy atom. The predicted molar refractivity (Wildman–Crippen MR) is 79.2 cm³/mol. The largest absolute Gasteiger partial charge is 0.399 e. The molecule has 1 aromatic carbocycles. The van der Waals surface area contributed by atoms with Gasteiger partial charge in [-0.15, -0.1) is 12.2 Å². The summed E-state index contributed by atoms with van der Waals surface area (Å²) in [4.78, 5) is 0. The highest BCUT2D eigenvalue weighted by Gasteiger charge is 2.25. The highest BCUT2D eigenvalue weighted by atomic mass is 32.9. The fourth-order valence-corrected chi connectivity index (χ4v) is 5.51. The standard InChI is InChI=1S/C11H17N2PS2/c12-10-5-4-6-11(9-10)14(15,16)13-7-2-1-3-8-13/h4-6,9H,1-3,7-8,12H2,(H,15,16). The van der Waals surface area contributed by atoms with Gasteiger partial charge in [0.2, 0.25) is 0 Å². The molecule has 1 aliphatic rings. The molecule has 2 nitrogen and oxygen atoms in total. The van der Waals surface area contributed by atoms with Gasteiger partial charge in [0.15, 0.2) is 0 Å². The van der Waals surface area contributed by atoms with Gasteiger partial charge in [-0.25, -0.2) is 0 Å². The summed E-state index contributed by atoms with van der Waals surface area (Å²) in [5.41, 5.74) is 6.58. The van der Waals surface area contributed by atoms with Crippen molar-refractivity contribution >= 4 is 40.4 Å². The van der Waals surface area contributed by atoms with E-state index < -0.39 is 5.39 Å². The highest BCUT2D eigenvalue weighted by Crippen LogP contribution is 2.54. The van der Waals surface area contributed by atoms with Gasteiger partial charge in [-0.2, -0.15) is 0 Å². The quantitative estimate of drug-likeness (QED) is 0.493. The van der Waals surface area contributed by atoms with Crippen LogP contribution in [0, 0.1) is 0 Å². The first-order valence-corrected chi connectivity index (χ1v) is 9.46. The van der Waals surface area contributed by atoms with Crippen LogP contribution in [0.1, 0.15) is 19.3 Å². The average molecular weight is 272 g/mol. The molecule has 0 aliphatic carbocycles. The van der Waals surface area contributed by atoms with Crippen LogP contribution >= 0.6 is 17.6 Å². The molecule has 16 heavy (non-hydrogen) atoms. The zero-order chi connectivity index (χ0) is 11.6. The number of thiol groups is 1. The van der Waals surface area contributed by atoms with Gasteiger partial charge in [0, 0.05) is 24.1 Å². The third-order valence-electron chi connectivity index (χ3n) is 2.92. The van der Waals surface area contributed by atoms with Crippen molar-refractivity contribution in [1.82, 2.24) is 4.67 Å². The molecule has 0 amide bonds. The van der Waals surface area contributed by atoms with Crippen LogP contribution in [-0.4, -0.2) is 17.8 Å². The number of hydrogen-bond donors (Lipinski definition) is 2. The lowest BCUT2D eigenvalue weighted by Crippen LogP contribution is -2.29. The number of benzene rings is 1. The highest BCUT2D eigenvalue weighted by molar-refractivity contribution is 8.65. The lowest BCUT2D eigenvalue weighted by molar-refractivity contribution is 0.375. The zero-order valence-corrected chi connectivity index (χ0v) is 11.8. The molecule has 1 fully saturated rings. The summed E-state index contributed by atoms with van der Waals surface area (Å²) in [5, 5.41) is -0.748. The van der Waals surface area contributed by atoms with E-state index in [4.69, 9.17) is 29.8 Å². The molecule has 1 saturated heterocycles. The Hall–Kier alpha value is -0.0200. The van der Waals surface area contributed by atoms with Gasteiger partial charge in [0.25, 0.3) is 0 Å². The summed E-state index contributed by atoms with van der Waals surface area (Å²) in [6.07, 6.45) is 3.79. The second kappa shape index (κ2) is 5.09. The Balaban J connectivity index is 2.26. The van der Waals surface area contributed by atoms with E-state index in [0.29, 0.717) is 0 Å². The van der Waals surface area contributed by atoms with Gasteiger partial charge >= 0.3 is 0 Å². The van der Waals surface area contributed by atoms with Gasteiger partial charge in [0.05, 0.1) is 5.39 Å². The minimum atomic E-state index is -1.87. The molecule has 88 valence electrons. The van der Waals surface area contributed by atoms with Crippen LogP contribution in [0.5, 0.6) is 0 Å². The number of nitrogen functional groups attached to an aromatic ring is 1. The zero-order valence-electron chi connectivity index (χ0n) is 9.17. The minimum absolute atomic E-state index is 0.776. The minimum Gasteiger partial charge on any atom is -0.399 e. The van der Waals surface area contributed by atoms with Gasteiger partial charge in [-0.3, -0.25) is 4.67 Å². The lowest BCUT2D eigenvalue weighted by Gasteiger charge is -2.34. The Bertz CT molecular complexity index is 416. The Kier molecular flexibility index (Phi) is 3.96. The maximum absolute atomic E-state index is 5.80. The van der Waals surface area contributed by atoms with E-state index in [-0.39, 0.29) is 0 Å². The molecule has 2 N–H and O–H groups in total. The molecule has 5 heteroatoms. The first-order valence-electron chi connectivity index (χ1n) is 5.55. The number of rotatable bonds is 2. The van der Waals surface area contributed by atoms with Crippen LogP contribution in [0.2, 0.25) is 0 Å². The molecule has 0 spiro atoms. The summed E-state index contributed by atoms with van der Waals surface area (Å²) in [6, 6.07) is 7.88. The summed E-state index contributed by atoms with van der Waals surface area (Å²) in [7, 11) is 0. The number of piperidine rings is 1. The van der Waals surface area contributed by atoms with E-state index in [9.17, 15) is 0 Å². The van der Waals surface area contributed by atoms with Crippen molar-refractivity contribution in [2.75, 3.05) is 18.8 Å². The third kappa shape index (κ3) is 2.62. The smallest absolute Gasteiger partial charge is 0.0923 e. The van der Waals surface area contributed by atoms with Crippen LogP contribution in [0.3, 0.4) is 0 Å². The first kappa shape index (κ1) is 12.4. The summed E-state index contributed by atoms with van der Waals surface area (Å²) >= 11 is 10.5. The van der Waals surface area contributed by atoms with E-state index in [1.54, 1.807) is 0 Å². The van der Waals surface area contributed by atoms with E-state index >= 15 is 0 Å². The molecule has 1 atom stereocenters. The van der Waals surface area contributed by atoms with Gasteiger partial charge in [0.1, 0.15) is 0 Å². The Morgan fingerprint density at radius 1 is 1.25 bits per heavy atom. The van der Waals surface area contributed by atoms with Crippen molar-refractivity contribution in [1.29, 1.82) is 0 Å². The predicted octanol–water partition coefficient (Wildman–Crippen LogP) is 2.62. The van der Waals surface area contributed by atoms with Crippen LogP contribution in [0.4, 0.5) is 5.69 Å². The summed E-state index contributed by atoms with van der Waals surface area (Å²) in [5.74, 6) is 0. The maximum Gasteiger partial charge on any atom is 0.0923 e. The average Bonchev–Trinajstić information content (AvgIpc) is 2.30. The molecular formula is C11H17N2PS2. The fourth-order valence-electron chi connectivity index (χ4n) is 2.02. The van der Waals surface area contributed by atoms with E-state index in [0.717, 1.165) is 24.1 Å². The van der Waals surface area contributed by atoms with Crippen LogP contribution < -0.4 is 11.0 Å². The molecule has 1 unspecified atom stereocenters. The molecular weight excluding hydrogens is 255 g/mol. The Labute approximate surface area is 107 Å². The van der Waals surface area contributed by atoms with Crippen molar-refractivity contribution in [3.63, 3.8) is 0 Å². The molecule has 1 aromatic rings. The third-order valence-corrected chi connectivity index (χ3v) is 7.82. The van der Waals surface area contributed by atoms with Gasteiger partial charge < -0.3 is 5.73 Å². The summed E-state index contributed by atoms with van der Waals surface area (Å²) in [6.45, 7) is 2.16. The molecule has 0 bridgehead atoms. The van der Waals surface area contributed by atoms with Gasteiger partial charge in [-0.05, 0) is 25.0 Å². The number of hydrogen-bond acceptors (Lipinski definition) is 2. The van der Waals surface area contributed by atoms with Crippen molar-refractivity contribution < 1.29 is 0 Å². The number of anilines is 1. The molecule has 0 radical (unpaired) electrons. The van der Waals surface area contributed by atoms with E-state index in [1.807, 2.05) is 18.2 Å². The molecule has 1 heterocycles. The van der Waals surface area contributed by atoms with Crippen molar-refractivity contribution in [3.05, 3.63) is 24.3 Å². The van der Waals surface area contributed by atoms with Gasteiger partial charge in [-0.1, -0.05) is 30.4 Å². The van der Waals surface area contributed by atoms with E-state index in [1.165, 1.54) is 19.3 Å². The number of nitrogens with zero attached hydrogens (tertiary/aromatic N) is 1.